The number of carbonyl (C=O) groups is 1. The van der Waals surface area contributed by atoms with Crippen LogP contribution < -0.4 is 10.1 Å². The Bertz CT molecular complexity index is 1130. The van der Waals surface area contributed by atoms with E-state index in [1.807, 2.05) is 0 Å². The van der Waals surface area contributed by atoms with Crippen molar-refractivity contribution < 1.29 is 44.7 Å². The van der Waals surface area contributed by atoms with Gasteiger partial charge in [0.2, 0.25) is 0 Å². The van der Waals surface area contributed by atoms with Crippen molar-refractivity contribution in [2.24, 2.45) is 0 Å². The number of aromatic nitrogens is 5. The van der Waals surface area contributed by atoms with Gasteiger partial charge >= 0.3 is 19.0 Å². The molecule has 0 aliphatic heterocycles. The van der Waals surface area contributed by atoms with Crippen molar-refractivity contribution in [2.75, 3.05) is 0 Å². The first kappa shape index (κ1) is 24.8. The van der Waals surface area contributed by atoms with Crippen LogP contribution in [0.1, 0.15) is 40.3 Å². The highest BCUT2D eigenvalue weighted by atomic mass is 19.4. The van der Waals surface area contributed by atoms with Gasteiger partial charge in [-0.2, -0.15) is 39.8 Å². The van der Waals surface area contributed by atoms with Crippen LogP contribution in [0.15, 0.2) is 36.9 Å². The summed E-state index contributed by atoms with van der Waals surface area (Å²) in [4.78, 5) is 23.7. The van der Waals surface area contributed by atoms with Gasteiger partial charge in [0, 0.05) is 5.56 Å². The molecule has 2 aromatic heterocycles. The number of ether oxygens (including phenoxy) is 1. The Kier molecular flexibility index (Phi) is 6.70. The molecule has 0 fully saturated rings. The Morgan fingerprint density at radius 2 is 1.53 bits per heavy atom. The van der Waals surface area contributed by atoms with Gasteiger partial charge in [-0.05, 0) is 25.1 Å². The molecule has 34 heavy (non-hydrogen) atoms. The van der Waals surface area contributed by atoms with E-state index in [1.54, 1.807) is 0 Å². The molecule has 1 aromatic carbocycles. The average molecular weight is 496 g/mol. The Balaban J connectivity index is 1.78. The van der Waals surface area contributed by atoms with Crippen LogP contribution in [0, 0.1) is 0 Å². The number of rotatable bonds is 6. The molecule has 1 atom stereocenters. The Hall–Kier alpha value is -3.85. The van der Waals surface area contributed by atoms with E-state index in [2.05, 4.69) is 30.1 Å². The number of benzene rings is 1. The fourth-order valence-corrected chi connectivity index (χ4v) is 2.59. The first-order valence-corrected chi connectivity index (χ1v) is 9.03. The van der Waals surface area contributed by atoms with Crippen LogP contribution in [0.4, 0.5) is 35.1 Å². The molecule has 0 aliphatic carbocycles. The zero-order valence-corrected chi connectivity index (χ0v) is 16.7. The molecule has 1 N–H and O–H groups in total. The lowest BCUT2D eigenvalue weighted by Crippen LogP contribution is -2.28. The molecule has 3 rings (SSSR count). The maximum absolute atomic E-state index is 13.0. The number of halogens is 8. The minimum atomic E-state index is -5.11. The van der Waals surface area contributed by atoms with Crippen molar-refractivity contribution in [3.63, 3.8) is 0 Å². The van der Waals surface area contributed by atoms with E-state index in [1.165, 1.54) is 6.92 Å². The van der Waals surface area contributed by atoms with Crippen LogP contribution in [0.25, 0.3) is 5.95 Å². The van der Waals surface area contributed by atoms with Gasteiger partial charge < -0.3 is 10.1 Å². The van der Waals surface area contributed by atoms with Crippen LogP contribution in [0.2, 0.25) is 0 Å². The normalized spacial score (nSPS) is 13.1. The van der Waals surface area contributed by atoms with Crippen molar-refractivity contribution in [1.82, 2.24) is 30.0 Å². The molecule has 16 heteroatoms. The molecule has 0 saturated carbocycles. The number of nitrogens with zero attached hydrogens (tertiary/aromatic N) is 5. The lowest BCUT2D eigenvalue weighted by atomic mass is 10.0. The highest BCUT2D eigenvalue weighted by molar-refractivity contribution is 5.94. The second-order valence-electron chi connectivity index (χ2n) is 6.63. The zero-order valence-electron chi connectivity index (χ0n) is 16.7. The second kappa shape index (κ2) is 9.18. The summed E-state index contributed by atoms with van der Waals surface area (Å²) in [6, 6.07) is -0.569. The van der Waals surface area contributed by atoms with Gasteiger partial charge in [-0.3, -0.25) is 4.79 Å². The van der Waals surface area contributed by atoms with Crippen LogP contribution in [-0.4, -0.2) is 37.3 Å². The van der Waals surface area contributed by atoms with E-state index in [-0.39, 0.29) is 23.6 Å². The molecule has 1 unspecified atom stereocenters. The summed E-state index contributed by atoms with van der Waals surface area (Å²) in [7, 11) is 0. The van der Waals surface area contributed by atoms with Gasteiger partial charge in [0.25, 0.3) is 11.9 Å². The minimum Gasteiger partial charge on any atom is -0.432 e. The molecule has 2 heterocycles. The van der Waals surface area contributed by atoms with Gasteiger partial charge in [-0.25, -0.2) is 15.0 Å². The number of hydrogen-bond donors (Lipinski definition) is 1. The Morgan fingerprint density at radius 3 is 2.03 bits per heavy atom. The molecule has 3 aromatic rings. The summed E-state index contributed by atoms with van der Waals surface area (Å²) < 4.78 is 107. The molecule has 0 bridgehead atoms. The highest BCUT2D eigenvalue weighted by Gasteiger charge is 2.37. The third-order valence-corrected chi connectivity index (χ3v) is 4.14. The predicted molar refractivity (Wildman–Crippen MR) is 95.9 cm³/mol. The zero-order chi connectivity index (χ0) is 25.3. The molecule has 0 saturated heterocycles. The van der Waals surface area contributed by atoms with Gasteiger partial charge in [-0.1, -0.05) is 0 Å². The van der Waals surface area contributed by atoms with E-state index in [0.29, 0.717) is 12.1 Å². The van der Waals surface area contributed by atoms with Crippen molar-refractivity contribution >= 4 is 5.91 Å². The van der Waals surface area contributed by atoms with E-state index >= 15 is 0 Å². The highest BCUT2D eigenvalue weighted by Crippen LogP contribution is 2.36. The van der Waals surface area contributed by atoms with Crippen LogP contribution >= 0.6 is 0 Å². The molecule has 0 aliphatic rings. The molecule has 0 spiro atoms. The molecule has 182 valence electrons. The first-order chi connectivity index (χ1) is 15.7. The van der Waals surface area contributed by atoms with Gasteiger partial charge in [0.15, 0.2) is 11.6 Å². The first-order valence-electron chi connectivity index (χ1n) is 9.03. The monoisotopic (exact) mass is 496 g/mol. The smallest absolute Gasteiger partial charge is 0.416 e. The van der Waals surface area contributed by atoms with Crippen LogP contribution in [0.3, 0.4) is 0 Å². The SMILES string of the molecule is CC(NC(=O)c1cc(C(F)(F)F)cc(C(F)(F)F)c1)c1ncn(-c2ncc(OC(F)F)cn2)n1. The summed E-state index contributed by atoms with van der Waals surface area (Å²) in [5.74, 6) is -1.76. The van der Waals surface area contributed by atoms with E-state index < -0.39 is 47.6 Å². The van der Waals surface area contributed by atoms with Crippen LogP contribution in [-0.2, 0) is 12.4 Å². The fourth-order valence-electron chi connectivity index (χ4n) is 2.59. The summed E-state index contributed by atoms with van der Waals surface area (Å²) in [6.07, 6.45) is -7.26. The quantitative estimate of drug-likeness (QED) is 0.515. The molecular formula is C18H12F8N6O2. The average Bonchev–Trinajstić information content (AvgIpc) is 3.22. The maximum atomic E-state index is 13.0. The van der Waals surface area contributed by atoms with Gasteiger partial charge in [-0.15, -0.1) is 5.10 Å². The molecule has 8 nitrogen and oxygen atoms in total. The summed E-state index contributed by atoms with van der Waals surface area (Å²) >= 11 is 0. The number of hydrogen-bond acceptors (Lipinski definition) is 6. The maximum Gasteiger partial charge on any atom is 0.416 e. The van der Waals surface area contributed by atoms with Crippen molar-refractivity contribution in [2.45, 2.75) is 31.9 Å². The van der Waals surface area contributed by atoms with Crippen molar-refractivity contribution in [3.05, 3.63) is 59.4 Å². The van der Waals surface area contributed by atoms with E-state index in [0.717, 1.165) is 23.4 Å². The molecule has 0 radical (unpaired) electrons. The van der Waals surface area contributed by atoms with E-state index in [9.17, 15) is 39.9 Å². The second-order valence-corrected chi connectivity index (χ2v) is 6.63. The van der Waals surface area contributed by atoms with Gasteiger partial charge in [0.05, 0.1) is 29.6 Å². The lowest BCUT2D eigenvalue weighted by Gasteiger charge is -2.15. The topological polar surface area (TPSA) is 94.8 Å². The van der Waals surface area contributed by atoms with Crippen molar-refractivity contribution in [1.29, 1.82) is 0 Å². The predicted octanol–water partition coefficient (Wildman–Crippen LogP) is 4.19. The summed E-state index contributed by atoms with van der Waals surface area (Å²) in [5.41, 5.74) is -4.15. The molecular weight excluding hydrogens is 484 g/mol. The fraction of sp³-hybridized carbons (Fsp3) is 0.278. The number of alkyl halides is 8. The van der Waals surface area contributed by atoms with Gasteiger partial charge in [0.1, 0.15) is 6.33 Å². The van der Waals surface area contributed by atoms with Crippen LogP contribution in [0.5, 0.6) is 5.75 Å². The number of nitrogens with one attached hydrogen (secondary N) is 1. The molecule has 1 amide bonds. The number of carbonyl (C=O) groups excluding carboxylic acids is 1. The minimum absolute atomic E-state index is 0.0899. The third-order valence-electron chi connectivity index (χ3n) is 4.14. The number of amides is 1. The van der Waals surface area contributed by atoms with Crippen molar-refractivity contribution in [3.8, 4) is 11.7 Å². The van der Waals surface area contributed by atoms with E-state index in [4.69, 9.17) is 0 Å². The summed E-state index contributed by atoms with van der Waals surface area (Å²) in [6.45, 7) is -1.75. The summed E-state index contributed by atoms with van der Waals surface area (Å²) in [5, 5.41) is 6.16. The standard InChI is InChI=1S/C18H12F8N6O2/c1-8(13-29-7-32(31-13)16-27-5-12(6-28-16)34-15(19)20)30-14(33)9-2-10(17(21,22)23)4-11(3-9)18(24,25)26/h2-8,15H,1H3,(H,30,33). The Labute approximate surface area is 184 Å². The largest absolute Gasteiger partial charge is 0.432 e. The third kappa shape index (κ3) is 5.93. The Morgan fingerprint density at radius 1 is 0.971 bits per heavy atom. The lowest BCUT2D eigenvalue weighted by molar-refractivity contribution is -0.143.